The zero-order valence-electron chi connectivity index (χ0n) is 19.4. The van der Waals surface area contributed by atoms with E-state index in [9.17, 15) is 4.79 Å². The van der Waals surface area contributed by atoms with Gasteiger partial charge in [0.25, 0.3) is 0 Å². The highest BCUT2D eigenvalue weighted by atomic mass is 32.2. The van der Waals surface area contributed by atoms with E-state index < -0.39 is 11.8 Å². The fourth-order valence-electron chi connectivity index (χ4n) is 3.66. The summed E-state index contributed by atoms with van der Waals surface area (Å²) < 4.78 is 17.2. The molecule has 0 bridgehead atoms. The van der Waals surface area contributed by atoms with Gasteiger partial charge in [-0.05, 0) is 69.5 Å². The summed E-state index contributed by atoms with van der Waals surface area (Å²) in [7, 11) is -0.334. The molecule has 5 heteroatoms. The first kappa shape index (κ1) is 22.3. The molecule has 0 saturated carbocycles. The average Bonchev–Trinajstić information content (AvgIpc) is 2.71. The van der Waals surface area contributed by atoms with Crippen molar-refractivity contribution in [3.63, 3.8) is 0 Å². The standard InChI is InChI=1S/C27H29O4S/c1-17(2)19-16-22(30-26(28)31-27(4,5)6)18(3)15-25(19)32-23-13-9-7-11-20(23)29-21-12-8-10-14-24(21)32/h7-17H,1-6H3/q+1. The summed E-state index contributed by atoms with van der Waals surface area (Å²) in [5.74, 6) is 2.54. The lowest BCUT2D eigenvalue weighted by Gasteiger charge is -2.23. The first-order chi connectivity index (χ1) is 15.1. The fourth-order valence-corrected chi connectivity index (χ4v) is 6.24. The quantitative estimate of drug-likeness (QED) is 0.183. The highest BCUT2D eigenvalue weighted by molar-refractivity contribution is 7.97. The molecular weight excluding hydrogens is 420 g/mol. The van der Waals surface area contributed by atoms with Crippen LogP contribution in [0.15, 0.2) is 75.4 Å². The van der Waals surface area contributed by atoms with E-state index >= 15 is 0 Å². The van der Waals surface area contributed by atoms with Gasteiger partial charge in [0.15, 0.2) is 16.4 Å². The second kappa shape index (κ2) is 8.55. The second-order valence-electron chi connectivity index (χ2n) is 9.18. The number of hydrogen-bond donors (Lipinski definition) is 0. The molecule has 166 valence electrons. The van der Waals surface area contributed by atoms with Crippen LogP contribution in [0.1, 0.15) is 51.7 Å². The number of aryl methyl sites for hydroxylation is 1. The summed E-state index contributed by atoms with van der Waals surface area (Å²) in [5, 5.41) is 0. The van der Waals surface area contributed by atoms with E-state index in [2.05, 4.69) is 44.2 Å². The summed E-state index contributed by atoms with van der Waals surface area (Å²) in [6.45, 7) is 11.8. The van der Waals surface area contributed by atoms with E-state index in [0.717, 1.165) is 32.4 Å². The molecule has 0 fully saturated rings. The van der Waals surface area contributed by atoms with Crippen LogP contribution in [0.2, 0.25) is 0 Å². The van der Waals surface area contributed by atoms with Crippen molar-refractivity contribution in [2.45, 2.75) is 67.7 Å². The Balaban J connectivity index is 1.83. The smallest absolute Gasteiger partial charge is 0.447 e. The Kier molecular flexibility index (Phi) is 5.95. The maximum Gasteiger partial charge on any atom is 0.514 e. The number of para-hydroxylation sites is 2. The molecule has 0 saturated heterocycles. The Morgan fingerprint density at radius 3 is 2.00 bits per heavy atom. The number of carbonyl (C=O) groups excluding carboxylic acids is 1. The van der Waals surface area contributed by atoms with Gasteiger partial charge >= 0.3 is 6.16 Å². The minimum atomic E-state index is -0.688. The lowest BCUT2D eigenvalue weighted by Crippen LogP contribution is -2.26. The predicted molar refractivity (Wildman–Crippen MR) is 127 cm³/mol. The van der Waals surface area contributed by atoms with Crippen molar-refractivity contribution in [2.24, 2.45) is 0 Å². The van der Waals surface area contributed by atoms with Gasteiger partial charge in [-0.15, -0.1) is 0 Å². The molecule has 0 N–H and O–H groups in total. The van der Waals surface area contributed by atoms with Gasteiger partial charge in [-0.25, -0.2) is 4.79 Å². The van der Waals surface area contributed by atoms with Gasteiger partial charge in [-0.3, -0.25) is 0 Å². The van der Waals surface area contributed by atoms with E-state index in [1.807, 2.05) is 58.0 Å². The van der Waals surface area contributed by atoms with E-state index in [0.29, 0.717) is 5.75 Å². The van der Waals surface area contributed by atoms with Crippen molar-refractivity contribution in [2.75, 3.05) is 0 Å². The summed E-state index contributed by atoms with van der Waals surface area (Å²) >= 11 is 0. The molecule has 3 aromatic carbocycles. The molecule has 3 aromatic rings. The molecule has 0 atom stereocenters. The van der Waals surface area contributed by atoms with Crippen molar-refractivity contribution in [3.05, 3.63) is 71.8 Å². The van der Waals surface area contributed by atoms with Crippen molar-refractivity contribution in [3.8, 4) is 17.2 Å². The van der Waals surface area contributed by atoms with Gasteiger partial charge < -0.3 is 14.2 Å². The number of hydrogen-bond acceptors (Lipinski definition) is 4. The third-order valence-electron chi connectivity index (χ3n) is 5.09. The van der Waals surface area contributed by atoms with Crippen molar-refractivity contribution in [1.29, 1.82) is 0 Å². The maximum absolute atomic E-state index is 12.3. The molecule has 32 heavy (non-hydrogen) atoms. The Bertz CT molecular complexity index is 1120. The van der Waals surface area contributed by atoms with Crippen molar-refractivity contribution < 1.29 is 19.0 Å². The van der Waals surface area contributed by atoms with Crippen molar-refractivity contribution >= 4 is 17.1 Å². The molecular formula is C27H29O4S+. The third kappa shape index (κ3) is 4.49. The van der Waals surface area contributed by atoms with Gasteiger partial charge in [-0.1, -0.05) is 38.1 Å². The number of ether oxygens (including phenoxy) is 3. The van der Waals surface area contributed by atoms with E-state index in [-0.39, 0.29) is 16.8 Å². The Morgan fingerprint density at radius 2 is 1.47 bits per heavy atom. The minimum Gasteiger partial charge on any atom is -0.447 e. The van der Waals surface area contributed by atoms with Crippen LogP contribution in [0.25, 0.3) is 0 Å². The zero-order valence-corrected chi connectivity index (χ0v) is 20.2. The molecule has 1 aliphatic heterocycles. The molecule has 4 rings (SSSR count). The topological polar surface area (TPSA) is 44.8 Å². The Morgan fingerprint density at radius 1 is 0.906 bits per heavy atom. The molecule has 1 heterocycles. The Labute approximate surface area is 192 Å². The molecule has 0 aromatic heterocycles. The molecule has 1 aliphatic rings. The van der Waals surface area contributed by atoms with Gasteiger partial charge in [0.1, 0.15) is 22.2 Å². The fraction of sp³-hybridized carbons (Fsp3) is 0.296. The molecule has 0 amide bonds. The van der Waals surface area contributed by atoms with Gasteiger partial charge in [0, 0.05) is 11.6 Å². The highest BCUT2D eigenvalue weighted by Crippen LogP contribution is 2.49. The van der Waals surface area contributed by atoms with Gasteiger partial charge in [0.2, 0.25) is 9.79 Å². The monoisotopic (exact) mass is 449 g/mol. The minimum absolute atomic E-state index is 0.237. The summed E-state index contributed by atoms with van der Waals surface area (Å²) in [6.07, 6.45) is -0.688. The summed E-state index contributed by atoms with van der Waals surface area (Å²) in [6, 6.07) is 20.6. The van der Waals surface area contributed by atoms with Crippen LogP contribution < -0.4 is 9.47 Å². The molecule has 0 unspecified atom stereocenters. The van der Waals surface area contributed by atoms with Crippen LogP contribution in [0.3, 0.4) is 0 Å². The molecule has 0 radical (unpaired) electrons. The number of benzene rings is 3. The number of rotatable bonds is 3. The molecule has 0 aliphatic carbocycles. The van der Waals surface area contributed by atoms with Crippen LogP contribution in [0, 0.1) is 6.92 Å². The zero-order chi connectivity index (χ0) is 23.0. The van der Waals surface area contributed by atoms with Crippen molar-refractivity contribution in [1.82, 2.24) is 0 Å². The van der Waals surface area contributed by atoms with Gasteiger partial charge in [-0.2, -0.15) is 0 Å². The van der Waals surface area contributed by atoms with Crippen LogP contribution in [0.4, 0.5) is 4.79 Å². The molecule has 0 spiro atoms. The highest BCUT2D eigenvalue weighted by Gasteiger charge is 2.41. The van der Waals surface area contributed by atoms with E-state index in [1.54, 1.807) is 0 Å². The predicted octanol–water partition coefficient (Wildman–Crippen LogP) is 7.63. The Hall–Kier alpha value is -2.92. The third-order valence-corrected chi connectivity index (χ3v) is 7.44. The largest absolute Gasteiger partial charge is 0.514 e. The van der Waals surface area contributed by atoms with Gasteiger partial charge in [0.05, 0.1) is 0 Å². The number of carbonyl (C=O) groups is 1. The lowest BCUT2D eigenvalue weighted by molar-refractivity contribution is 0.0204. The van der Waals surface area contributed by atoms with Crippen LogP contribution in [-0.4, -0.2) is 11.8 Å². The normalized spacial score (nSPS) is 13.2. The SMILES string of the molecule is Cc1cc([S+]2c3ccccc3Oc3ccccc32)c(C(C)C)cc1OC(=O)OC(C)(C)C. The van der Waals surface area contributed by atoms with E-state index in [1.165, 1.54) is 4.90 Å². The van der Waals surface area contributed by atoms with Crippen LogP contribution >= 0.6 is 0 Å². The average molecular weight is 450 g/mol. The summed E-state index contributed by atoms with van der Waals surface area (Å²) in [5.41, 5.74) is 1.43. The summed E-state index contributed by atoms with van der Waals surface area (Å²) in [4.78, 5) is 15.9. The first-order valence-electron chi connectivity index (χ1n) is 10.8. The van der Waals surface area contributed by atoms with Crippen LogP contribution in [0.5, 0.6) is 17.2 Å². The second-order valence-corrected chi connectivity index (χ2v) is 11.1. The van der Waals surface area contributed by atoms with E-state index in [4.69, 9.17) is 14.2 Å². The number of fused-ring (bicyclic) bond motifs is 2. The lowest BCUT2D eigenvalue weighted by atomic mass is 10.0. The maximum atomic E-state index is 12.3. The first-order valence-corrected chi connectivity index (χ1v) is 12.0. The van der Waals surface area contributed by atoms with Crippen LogP contribution in [-0.2, 0) is 15.6 Å². The molecule has 4 nitrogen and oxygen atoms in total.